The molecule has 0 radical (unpaired) electrons. The van der Waals surface area contributed by atoms with Crippen LogP contribution in [0.2, 0.25) is 0 Å². The normalized spacial score (nSPS) is 13.5. The van der Waals surface area contributed by atoms with Crippen LogP contribution in [0.4, 0.5) is 5.69 Å². The molecule has 0 bridgehead atoms. The number of carbonyl (C=O) groups excluding carboxylic acids is 1. The fourth-order valence-corrected chi connectivity index (χ4v) is 4.36. The molecule has 152 valence electrons. The van der Waals surface area contributed by atoms with Crippen LogP contribution in [-0.4, -0.2) is 33.7 Å². The Balaban J connectivity index is 2.30. The summed E-state index contributed by atoms with van der Waals surface area (Å²) < 4.78 is 31.2. The van der Waals surface area contributed by atoms with Crippen molar-refractivity contribution in [1.82, 2.24) is 5.32 Å². The Bertz CT molecular complexity index is 957. The second-order valence-electron chi connectivity index (χ2n) is 7.03. The summed E-state index contributed by atoms with van der Waals surface area (Å²) in [6.07, 6.45) is 1.09. The van der Waals surface area contributed by atoms with E-state index < -0.39 is 16.1 Å². The Morgan fingerprint density at radius 2 is 1.79 bits per heavy atom. The number of amides is 1. The molecule has 2 aromatic carbocycles. The summed E-state index contributed by atoms with van der Waals surface area (Å²) in [6.45, 7) is 7.45. The summed E-state index contributed by atoms with van der Waals surface area (Å²) in [5.41, 5.74) is 3.56. The number of ether oxygens (including phenoxy) is 1. The van der Waals surface area contributed by atoms with Crippen molar-refractivity contribution < 1.29 is 17.9 Å². The van der Waals surface area contributed by atoms with Crippen molar-refractivity contribution in [3.63, 3.8) is 0 Å². The van der Waals surface area contributed by atoms with Gasteiger partial charge in [-0.05, 0) is 51.0 Å². The van der Waals surface area contributed by atoms with Gasteiger partial charge in [-0.15, -0.1) is 0 Å². The minimum absolute atomic E-state index is 0.249. The van der Waals surface area contributed by atoms with Crippen LogP contribution < -0.4 is 14.4 Å². The van der Waals surface area contributed by atoms with Crippen molar-refractivity contribution >= 4 is 21.6 Å². The highest BCUT2D eigenvalue weighted by molar-refractivity contribution is 7.92. The first-order valence-electron chi connectivity index (χ1n) is 9.05. The molecule has 1 amide bonds. The average molecular weight is 405 g/mol. The minimum Gasteiger partial charge on any atom is -0.497 e. The number of hydrogen-bond donors (Lipinski definition) is 1. The Hall–Kier alpha value is -2.54. The maximum Gasteiger partial charge on any atom is 0.244 e. The van der Waals surface area contributed by atoms with Crippen LogP contribution in [0, 0.1) is 13.8 Å². The molecule has 0 aromatic heterocycles. The van der Waals surface area contributed by atoms with Crippen LogP contribution >= 0.6 is 0 Å². The van der Waals surface area contributed by atoms with Crippen LogP contribution in [0.25, 0.3) is 0 Å². The molecule has 0 aliphatic rings. The molecule has 0 saturated carbocycles. The zero-order valence-corrected chi connectivity index (χ0v) is 18.0. The van der Waals surface area contributed by atoms with E-state index in [0.29, 0.717) is 11.4 Å². The number of nitrogens with one attached hydrogen (secondary N) is 1. The van der Waals surface area contributed by atoms with Crippen molar-refractivity contribution in [3.8, 4) is 5.75 Å². The molecule has 0 heterocycles. The van der Waals surface area contributed by atoms with Crippen LogP contribution in [0.3, 0.4) is 0 Å². The third-order valence-electron chi connectivity index (χ3n) is 4.66. The van der Waals surface area contributed by atoms with Gasteiger partial charge in [0.15, 0.2) is 0 Å². The maximum absolute atomic E-state index is 12.9. The van der Waals surface area contributed by atoms with E-state index in [1.54, 1.807) is 31.2 Å². The molecule has 7 heteroatoms. The van der Waals surface area contributed by atoms with Crippen LogP contribution in [0.15, 0.2) is 42.5 Å². The van der Waals surface area contributed by atoms with Crippen molar-refractivity contribution in [2.24, 2.45) is 0 Å². The average Bonchev–Trinajstić information content (AvgIpc) is 2.62. The molecule has 0 fully saturated rings. The first-order valence-corrected chi connectivity index (χ1v) is 10.9. The van der Waals surface area contributed by atoms with Crippen molar-refractivity contribution in [3.05, 3.63) is 59.2 Å². The number of benzene rings is 2. The van der Waals surface area contributed by atoms with Crippen LogP contribution in [0.5, 0.6) is 5.75 Å². The Kier molecular flexibility index (Phi) is 6.72. The van der Waals surface area contributed by atoms with Crippen molar-refractivity contribution in [1.29, 1.82) is 0 Å². The van der Waals surface area contributed by atoms with E-state index in [4.69, 9.17) is 4.74 Å². The Morgan fingerprint density at radius 3 is 2.39 bits per heavy atom. The molecule has 0 aliphatic heterocycles. The monoisotopic (exact) mass is 404 g/mol. The van der Waals surface area contributed by atoms with Gasteiger partial charge in [0.25, 0.3) is 0 Å². The SMILES string of the molecule is COc1cccc(N([C@H](C)C(=O)N[C@H](C)c2cc(C)ccc2C)S(C)(=O)=O)c1. The molecule has 2 atom stereocenters. The zero-order valence-electron chi connectivity index (χ0n) is 17.2. The predicted molar refractivity (Wildman–Crippen MR) is 112 cm³/mol. The standard InChI is InChI=1S/C21H28N2O4S/c1-14-10-11-15(2)20(12-14)16(3)22-21(24)17(4)23(28(6,25)26)18-8-7-9-19(13-18)27-5/h7-13,16-17H,1-6H3,(H,22,24)/t16-,17-/m1/s1. The summed E-state index contributed by atoms with van der Waals surface area (Å²) >= 11 is 0. The summed E-state index contributed by atoms with van der Waals surface area (Å²) in [4.78, 5) is 12.9. The van der Waals surface area contributed by atoms with Gasteiger partial charge in [0, 0.05) is 6.07 Å². The van der Waals surface area contributed by atoms with Crippen LogP contribution in [-0.2, 0) is 14.8 Å². The summed E-state index contributed by atoms with van der Waals surface area (Å²) in [5.74, 6) is 0.143. The van der Waals surface area contributed by atoms with Gasteiger partial charge in [0.05, 0.1) is 25.1 Å². The van der Waals surface area contributed by atoms with E-state index in [0.717, 1.165) is 27.3 Å². The lowest BCUT2D eigenvalue weighted by Gasteiger charge is -2.29. The van der Waals surface area contributed by atoms with Crippen molar-refractivity contribution in [2.75, 3.05) is 17.7 Å². The molecule has 28 heavy (non-hydrogen) atoms. The highest BCUT2D eigenvalue weighted by Crippen LogP contribution is 2.26. The fourth-order valence-electron chi connectivity index (χ4n) is 3.19. The van der Waals surface area contributed by atoms with E-state index in [1.165, 1.54) is 7.11 Å². The molecule has 0 aliphatic carbocycles. The minimum atomic E-state index is -3.69. The molecular weight excluding hydrogens is 376 g/mol. The van der Waals surface area contributed by atoms with Gasteiger partial charge in [-0.3, -0.25) is 9.10 Å². The van der Waals surface area contributed by atoms with Gasteiger partial charge in [0.1, 0.15) is 11.8 Å². The number of rotatable bonds is 7. The van der Waals surface area contributed by atoms with E-state index in [1.807, 2.05) is 39.0 Å². The van der Waals surface area contributed by atoms with Gasteiger partial charge >= 0.3 is 0 Å². The predicted octanol–water partition coefficient (Wildman–Crippen LogP) is 3.34. The van der Waals surface area contributed by atoms with Crippen molar-refractivity contribution in [2.45, 2.75) is 39.8 Å². The highest BCUT2D eigenvalue weighted by Gasteiger charge is 2.30. The molecule has 2 aromatic rings. The second-order valence-corrected chi connectivity index (χ2v) is 8.89. The van der Waals surface area contributed by atoms with Gasteiger partial charge in [-0.1, -0.05) is 29.8 Å². The molecular formula is C21H28N2O4S. The van der Waals surface area contributed by atoms with Gasteiger partial charge in [0.2, 0.25) is 15.9 Å². The summed E-state index contributed by atoms with van der Waals surface area (Å²) in [6, 6.07) is 11.5. The topological polar surface area (TPSA) is 75.7 Å². The largest absolute Gasteiger partial charge is 0.497 e. The molecule has 2 rings (SSSR count). The fraction of sp³-hybridized carbons (Fsp3) is 0.381. The van der Waals surface area contributed by atoms with Gasteiger partial charge in [-0.2, -0.15) is 0 Å². The van der Waals surface area contributed by atoms with Gasteiger partial charge < -0.3 is 10.1 Å². The number of aryl methyl sites for hydroxylation is 2. The zero-order chi connectivity index (χ0) is 21.1. The number of sulfonamides is 1. The summed E-state index contributed by atoms with van der Waals surface area (Å²) in [5, 5.41) is 2.94. The van der Waals surface area contributed by atoms with E-state index >= 15 is 0 Å². The summed E-state index contributed by atoms with van der Waals surface area (Å²) in [7, 11) is -2.18. The smallest absolute Gasteiger partial charge is 0.244 e. The van der Waals surface area contributed by atoms with E-state index in [9.17, 15) is 13.2 Å². The molecule has 0 spiro atoms. The third kappa shape index (κ3) is 5.04. The number of carbonyl (C=O) groups is 1. The lowest BCUT2D eigenvalue weighted by Crippen LogP contribution is -2.48. The number of methoxy groups -OCH3 is 1. The Labute approximate surface area is 167 Å². The Morgan fingerprint density at radius 1 is 1.11 bits per heavy atom. The first kappa shape index (κ1) is 21.8. The highest BCUT2D eigenvalue weighted by atomic mass is 32.2. The lowest BCUT2D eigenvalue weighted by molar-refractivity contribution is -0.122. The number of hydrogen-bond acceptors (Lipinski definition) is 4. The second kappa shape index (κ2) is 8.65. The van der Waals surface area contributed by atoms with Crippen LogP contribution in [0.1, 0.15) is 36.6 Å². The van der Waals surface area contributed by atoms with Gasteiger partial charge in [-0.25, -0.2) is 8.42 Å². The molecule has 0 saturated heterocycles. The number of anilines is 1. The third-order valence-corrected chi connectivity index (χ3v) is 5.90. The van der Waals surface area contributed by atoms with E-state index in [-0.39, 0.29) is 11.9 Å². The quantitative estimate of drug-likeness (QED) is 0.768. The number of nitrogens with zero attached hydrogens (tertiary/aromatic N) is 1. The first-order chi connectivity index (χ1) is 13.0. The molecule has 0 unspecified atom stereocenters. The molecule has 6 nitrogen and oxygen atoms in total. The van der Waals surface area contributed by atoms with E-state index in [2.05, 4.69) is 5.32 Å². The maximum atomic E-state index is 12.9. The molecule has 1 N–H and O–H groups in total. The lowest BCUT2D eigenvalue weighted by atomic mass is 10.00.